The van der Waals surface area contributed by atoms with Crippen LogP contribution in [0.3, 0.4) is 0 Å². The quantitative estimate of drug-likeness (QED) is 0.241. The van der Waals surface area contributed by atoms with E-state index in [2.05, 4.69) is 26.3 Å². The van der Waals surface area contributed by atoms with Crippen molar-refractivity contribution in [2.75, 3.05) is 58.0 Å². The fraction of sp³-hybridized carbons (Fsp3) is 0.344. The average Bonchev–Trinajstić information content (AvgIpc) is 3.55. The molecule has 11 heteroatoms. The molecule has 4 heterocycles. The van der Waals surface area contributed by atoms with Gasteiger partial charge in [0.15, 0.2) is 11.5 Å². The van der Waals surface area contributed by atoms with Crippen molar-refractivity contribution in [2.45, 2.75) is 19.1 Å². The van der Waals surface area contributed by atoms with Gasteiger partial charge in [0, 0.05) is 55.6 Å². The molecule has 2 aromatic heterocycles. The van der Waals surface area contributed by atoms with Crippen LogP contribution in [-0.4, -0.2) is 73.6 Å². The predicted molar refractivity (Wildman–Crippen MR) is 162 cm³/mol. The van der Waals surface area contributed by atoms with Gasteiger partial charge in [0.1, 0.15) is 31.1 Å². The van der Waals surface area contributed by atoms with E-state index in [1.807, 2.05) is 36.4 Å². The van der Waals surface area contributed by atoms with E-state index in [9.17, 15) is 5.26 Å². The van der Waals surface area contributed by atoms with Crippen molar-refractivity contribution in [3.8, 4) is 23.3 Å². The summed E-state index contributed by atoms with van der Waals surface area (Å²) in [6, 6.07) is 17.1. The fourth-order valence-electron chi connectivity index (χ4n) is 4.99. The molecule has 2 saturated heterocycles. The van der Waals surface area contributed by atoms with E-state index < -0.39 is 0 Å². The monoisotopic (exact) mass is 601 g/mol. The summed E-state index contributed by atoms with van der Waals surface area (Å²) in [5, 5.41) is 14.5. The lowest BCUT2D eigenvalue weighted by atomic mass is 10.1. The Bertz CT molecular complexity index is 1590. The molecule has 1 N–H and O–H groups in total. The summed E-state index contributed by atoms with van der Waals surface area (Å²) in [7, 11) is 0. The van der Waals surface area contributed by atoms with Gasteiger partial charge in [-0.25, -0.2) is 0 Å². The Morgan fingerprint density at radius 1 is 1.00 bits per heavy atom. The minimum atomic E-state index is -0.0597. The number of fused-ring (bicyclic) bond motifs is 1. The lowest BCUT2D eigenvalue weighted by molar-refractivity contribution is 0.0319. The van der Waals surface area contributed by atoms with E-state index in [1.165, 1.54) is 0 Å². The molecule has 0 spiro atoms. The van der Waals surface area contributed by atoms with Gasteiger partial charge >= 0.3 is 0 Å². The number of rotatable bonds is 11. The van der Waals surface area contributed by atoms with Crippen LogP contribution in [0.15, 0.2) is 60.9 Å². The molecule has 6 rings (SSSR count). The van der Waals surface area contributed by atoms with Crippen LogP contribution in [0, 0.1) is 11.3 Å². The van der Waals surface area contributed by atoms with Gasteiger partial charge in [0.25, 0.3) is 0 Å². The maximum Gasteiger partial charge on any atom is 0.163 e. The second kappa shape index (κ2) is 13.9. The van der Waals surface area contributed by atoms with Crippen LogP contribution in [0.5, 0.6) is 17.2 Å². The Hall–Kier alpha value is -4.14. The number of ether oxygens (including phenoxy) is 5. The van der Waals surface area contributed by atoms with Crippen molar-refractivity contribution in [2.24, 2.45) is 0 Å². The summed E-state index contributed by atoms with van der Waals surface area (Å²) in [6.07, 6.45) is 4.02. The van der Waals surface area contributed by atoms with Crippen molar-refractivity contribution in [3.63, 3.8) is 0 Å². The number of hydrogen-bond acceptors (Lipinski definition) is 10. The summed E-state index contributed by atoms with van der Waals surface area (Å²) in [4.78, 5) is 11.2. The van der Waals surface area contributed by atoms with Crippen LogP contribution in [0.4, 0.5) is 11.4 Å². The zero-order chi connectivity index (χ0) is 29.4. The average molecular weight is 602 g/mol. The minimum absolute atomic E-state index is 0.0597. The first-order valence-corrected chi connectivity index (χ1v) is 14.7. The van der Waals surface area contributed by atoms with Crippen LogP contribution < -0.4 is 19.5 Å². The first-order valence-electron chi connectivity index (χ1n) is 14.3. The second-order valence-electron chi connectivity index (χ2n) is 10.3. The summed E-state index contributed by atoms with van der Waals surface area (Å²) in [5.41, 5.74) is 3.14. The largest absolute Gasteiger partial charge is 0.488 e. The number of morpholine rings is 1. The third-order valence-corrected chi connectivity index (χ3v) is 7.60. The Morgan fingerprint density at radius 2 is 1.91 bits per heavy atom. The van der Waals surface area contributed by atoms with Gasteiger partial charge in [-0.1, -0.05) is 17.7 Å². The van der Waals surface area contributed by atoms with Crippen LogP contribution >= 0.6 is 11.6 Å². The molecular formula is C32H32ClN5O5. The molecule has 2 fully saturated rings. The van der Waals surface area contributed by atoms with E-state index in [1.54, 1.807) is 24.5 Å². The molecule has 2 aliphatic rings. The van der Waals surface area contributed by atoms with Crippen LogP contribution in [0.25, 0.3) is 10.9 Å². The maximum absolute atomic E-state index is 9.96. The Balaban J connectivity index is 1.26. The minimum Gasteiger partial charge on any atom is -0.488 e. The number of nitriles is 1. The Kier molecular flexibility index (Phi) is 9.35. The smallest absolute Gasteiger partial charge is 0.163 e. The molecule has 43 heavy (non-hydrogen) atoms. The first-order chi connectivity index (χ1) is 21.2. The number of nitrogens with zero attached hydrogens (tertiary/aromatic N) is 4. The zero-order valence-corrected chi connectivity index (χ0v) is 24.4. The molecule has 1 unspecified atom stereocenters. The molecule has 0 radical (unpaired) electrons. The summed E-state index contributed by atoms with van der Waals surface area (Å²) < 4.78 is 29.5. The standard InChI is InChI=1S/C32H32ClN5O5/c33-27-15-23(4-5-29(27)42-20-24-3-1-2-7-35-24)37-32-22(18-34)19-36-28-17-31(43-25-6-11-40-21-25)30(16-26(28)32)41-14-10-38-8-12-39-13-9-38/h1-5,7,15-17,19,25H,6,8-14,20-21H2,(H,36,37). The van der Waals surface area contributed by atoms with Crippen molar-refractivity contribution < 1.29 is 23.7 Å². The van der Waals surface area contributed by atoms with Gasteiger partial charge in [0.05, 0.1) is 53.9 Å². The van der Waals surface area contributed by atoms with Crippen LogP contribution in [0.1, 0.15) is 17.7 Å². The summed E-state index contributed by atoms with van der Waals surface area (Å²) in [5.74, 6) is 1.72. The number of anilines is 2. The highest BCUT2D eigenvalue weighted by molar-refractivity contribution is 6.32. The van der Waals surface area contributed by atoms with Gasteiger partial charge in [-0.05, 0) is 36.4 Å². The predicted octanol–water partition coefficient (Wildman–Crippen LogP) is 5.36. The molecule has 222 valence electrons. The van der Waals surface area contributed by atoms with Crippen molar-refractivity contribution in [3.05, 3.63) is 77.2 Å². The molecule has 1 atom stereocenters. The molecular weight excluding hydrogens is 570 g/mol. The molecule has 4 aromatic rings. The van der Waals surface area contributed by atoms with E-state index >= 15 is 0 Å². The van der Waals surface area contributed by atoms with E-state index in [4.69, 9.17) is 35.3 Å². The molecule has 0 saturated carbocycles. The second-order valence-corrected chi connectivity index (χ2v) is 10.7. The lowest BCUT2D eigenvalue weighted by Gasteiger charge is -2.26. The van der Waals surface area contributed by atoms with Crippen molar-refractivity contribution >= 4 is 33.9 Å². The Morgan fingerprint density at radius 3 is 2.67 bits per heavy atom. The van der Waals surface area contributed by atoms with E-state index in [0.29, 0.717) is 71.2 Å². The topological polar surface area (TPSA) is 111 Å². The highest BCUT2D eigenvalue weighted by Crippen LogP contribution is 2.39. The molecule has 2 aliphatic heterocycles. The van der Waals surface area contributed by atoms with E-state index in [0.717, 1.165) is 50.3 Å². The number of benzene rings is 2. The number of nitrogens with one attached hydrogen (secondary N) is 1. The molecule has 0 amide bonds. The normalized spacial score (nSPS) is 17.0. The third-order valence-electron chi connectivity index (χ3n) is 7.31. The van der Waals surface area contributed by atoms with Crippen LogP contribution in [0.2, 0.25) is 5.02 Å². The van der Waals surface area contributed by atoms with Crippen molar-refractivity contribution in [1.29, 1.82) is 5.26 Å². The first kappa shape index (κ1) is 29.0. The highest BCUT2D eigenvalue weighted by atomic mass is 35.5. The van der Waals surface area contributed by atoms with Crippen LogP contribution in [-0.2, 0) is 16.1 Å². The summed E-state index contributed by atoms with van der Waals surface area (Å²) in [6.45, 7) is 5.95. The zero-order valence-electron chi connectivity index (χ0n) is 23.6. The van der Waals surface area contributed by atoms with Gasteiger partial charge in [-0.2, -0.15) is 5.26 Å². The fourth-order valence-corrected chi connectivity index (χ4v) is 5.23. The van der Waals surface area contributed by atoms with Gasteiger partial charge < -0.3 is 29.0 Å². The SMILES string of the molecule is N#Cc1cnc2cc(OC3CCOC3)c(OCCN3CCOCC3)cc2c1Nc1ccc(OCc2ccccn2)c(Cl)c1. The van der Waals surface area contributed by atoms with Gasteiger partial charge in [0.2, 0.25) is 0 Å². The third kappa shape index (κ3) is 7.27. The maximum atomic E-state index is 9.96. The Labute approximate surface area is 255 Å². The highest BCUT2D eigenvalue weighted by Gasteiger charge is 2.22. The van der Waals surface area contributed by atoms with Gasteiger partial charge in [-0.3, -0.25) is 14.9 Å². The number of pyridine rings is 2. The number of halogens is 1. The molecule has 2 aromatic carbocycles. The molecule has 0 aliphatic carbocycles. The molecule has 0 bridgehead atoms. The lowest BCUT2D eigenvalue weighted by Crippen LogP contribution is -2.38. The number of hydrogen-bond donors (Lipinski definition) is 1. The summed E-state index contributed by atoms with van der Waals surface area (Å²) >= 11 is 6.58. The van der Waals surface area contributed by atoms with E-state index in [-0.39, 0.29) is 6.10 Å². The van der Waals surface area contributed by atoms with Gasteiger partial charge in [-0.15, -0.1) is 0 Å². The molecule has 10 nitrogen and oxygen atoms in total. The number of aromatic nitrogens is 2. The van der Waals surface area contributed by atoms with Crippen molar-refractivity contribution in [1.82, 2.24) is 14.9 Å².